The van der Waals surface area contributed by atoms with Gasteiger partial charge in [0.2, 0.25) is 0 Å². The molecule has 5 nitrogen and oxygen atoms in total. The molecule has 1 aliphatic rings. The van der Waals surface area contributed by atoms with Gasteiger partial charge in [-0.1, -0.05) is 0 Å². The van der Waals surface area contributed by atoms with Crippen LogP contribution in [0, 0.1) is 5.92 Å². The highest BCUT2D eigenvalue weighted by molar-refractivity contribution is 7.91. The Morgan fingerprint density at radius 2 is 2.12 bits per heavy atom. The van der Waals surface area contributed by atoms with Crippen LogP contribution in [0.25, 0.3) is 0 Å². The van der Waals surface area contributed by atoms with Gasteiger partial charge in [0.1, 0.15) is 22.4 Å². The standard InChI is InChI=1S/C11H15NO4S/c13-4-1-10-8-16-11(12-10)7-9-2-5-17(14,15)6-3-9/h4,8-9H,1-3,5-7H2. The molecule has 0 aromatic carbocycles. The summed E-state index contributed by atoms with van der Waals surface area (Å²) in [6.45, 7) is 0. The number of carbonyl (C=O) groups is 1. The second kappa shape index (κ2) is 5.00. The minimum Gasteiger partial charge on any atom is -0.449 e. The van der Waals surface area contributed by atoms with E-state index in [4.69, 9.17) is 4.42 Å². The van der Waals surface area contributed by atoms with Crippen molar-refractivity contribution in [2.75, 3.05) is 11.5 Å². The van der Waals surface area contributed by atoms with Gasteiger partial charge in [-0.05, 0) is 18.8 Å². The molecule has 1 aliphatic heterocycles. The molecule has 0 atom stereocenters. The first-order chi connectivity index (χ1) is 8.09. The van der Waals surface area contributed by atoms with Gasteiger partial charge in [0.05, 0.1) is 17.2 Å². The molecule has 0 spiro atoms. The lowest BCUT2D eigenvalue weighted by atomic mass is 9.99. The van der Waals surface area contributed by atoms with Crippen LogP contribution in [0.5, 0.6) is 0 Å². The van der Waals surface area contributed by atoms with E-state index in [1.54, 1.807) is 0 Å². The average Bonchev–Trinajstić information content (AvgIpc) is 2.70. The fourth-order valence-corrected chi connectivity index (χ4v) is 3.60. The summed E-state index contributed by atoms with van der Waals surface area (Å²) in [6, 6.07) is 0. The smallest absolute Gasteiger partial charge is 0.194 e. The maximum Gasteiger partial charge on any atom is 0.194 e. The number of nitrogens with zero attached hydrogens (tertiary/aromatic N) is 1. The number of hydrogen-bond acceptors (Lipinski definition) is 5. The molecule has 94 valence electrons. The lowest BCUT2D eigenvalue weighted by Gasteiger charge is -2.20. The molecule has 1 saturated heterocycles. The van der Waals surface area contributed by atoms with Crippen LogP contribution >= 0.6 is 0 Å². The number of rotatable bonds is 4. The molecular weight excluding hydrogens is 242 g/mol. The Kier molecular flexibility index (Phi) is 3.61. The molecule has 2 heterocycles. The van der Waals surface area contributed by atoms with Gasteiger partial charge in [0.15, 0.2) is 5.89 Å². The molecule has 1 aromatic rings. The quantitative estimate of drug-likeness (QED) is 0.745. The first kappa shape index (κ1) is 12.3. The third-order valence-corrected chi connectivity index (χ3v) is 4.74. The molecule has 0 aliphatic carbocycles. The predicted octanol–water partition coefficient (Wildman–Crippen LogP) is 0.783. The minimum atomic E-state index is -2.81. The minimum absolute atomic E-state index is 0.263. The van der Waals surface area contributed by atoms with Gasteiger partial charge < -0.3 is 9.21 Å². The molecule has 0 unspecified atom stereocenters. The largest absolute Gasteiger partial charge is 0.449 e. The summed E-state index contributed by atoms with van der Waals surface area (Å²) in [7, 11) is -2.81. The zero-order chi connectivity index (χ0) is 12.3. The summed E-state index contributed by atoms with van der Waals surface area (Å²) >= 11 is 0. The zero-order valence-electron chi connectivity index (χ0n) is 9.46. The number of hydrogen-bond donors (Lipinski definition) is 0. The van der Waals surface area contributed by atoms with Gasteiger partial charge >= 0.3 is 0 Å². The van der Waals surface area contributed by atoms with Crippen LogP contribution < -0.4 is 0 Å². The molecule has 1 aromatic heterocycles. The molecule has 6 heteroatoms. The fraction of sp³-hybridized carbons (Fsp3) is 0.636. The highest BCUT2D eigenvalue weighted by Gasteiger charge is 2.24. The van der Waals surface area contributed by atoms with Gasteiger partial charge in [0, 0.05) is 12.8 Å². The van der Waals surface area contributed by atoms with Crippen LogP contribution in [0.1, 0.15) is 24.4 Å². The first-order valence-electron chi connectivity index (χ1n) is 5.66. The molecule has 0 N–H and O–H groups in total. The van der Waals surface area contributed by atoms with Gasteiger partial charge in [-0.2, -0.15) is 0 Å². The third-order valence-electron chi connectivity index (χ3n) is 3.03. The van der Waals surface area contributed by atoms with Crippen molar-refractivity contribution in [3.8, 4) is 0 Å². The molecule has 0 radical (unpaired) electrons. The maximum absolute atomic E-state index is 11.3. The van der Waals surface area contributed by atoms with Crippen molar-refractivity contribution >= 4 is 16.1 Å². The van der Waals surface area contributed by atoms with E-state index >= 15 is 0 Å². The van der Waals surface area contributed by atoms with E-state index in [9.17, 15) is 13.2 Å². The molecule has 0 bridgehead atoms. The number of aromatic nitrogens is 1. The van der Waals surface area contributed by atoms with Gasteiger partial charge in [-0.25, -0.2) is 13.4 Å². The summed E-state index contributed by atoms with van der Waals surface area (Å²) in [5.41, 5.74) is 0.637. The normalized spacial score (nSPS) is 20.2. The van der Waals surface area contributed by atoms with E-state index in [1.807, 2.05) is 0 Å². The van der Waals surface area contributed by atoms with Crippen molar-refractivity contribution in [3.63, 3.8) is 0 Å². The van der Waals surface area contributed by atoms with Crippen LogP contribution in [0.2, 0.25) is 0 Å². The summed E-state index contributed by atoms with van der Waals surface area (Å²) in [5.74, 6) is 1.45. The van der Waals surface area contributed by atoms with E-state index < -0.39 is 9.84 Å². The third kappa shape index (κ3) is 3.39. The van der Waals surface area contributed by atoms with E-state index in [-0.39, 0.29) is 17.9 Å². The van der Waals surface area contributed by atoms with Crippen LogP contribution in [-0.2, 0) is 27.5 Å². The van der Waals surface area contributed by atoms with Crippen molar-refractivity contribution in [2.45, 2.75) is 25.7 Å². The number of sulfone groups is 1. The summed E-state index contributed by atoms with van der Waals surface area (Å²) in [6.07, 6.45) is 4.55. The topological polar surface area (TPSA) is 77.2 Å². The molecule has 2 rings (SSSR count). The summed E-state index contributed by atoms with van der Waals surface area (Å²) in [4.78, 5) is 14.5. The van der Waals surface area contributed by atoms with Gasteiger partial charge in [-0.15, -0.1) is 0 Å². The monoisotopic (exact) mass is 257 g/mol. The Morgan fingerprint density at radius 3 is 2.76 bits per heavy atom. The van der Waals surface area contributed by atoms with Crippen LogP contribution in [0.15, 0.2) is 10.7 Å². The highest BCUT2D eigenvalue weighted by atomic mass is 32.2. The lowest BCUT2D eigenvalue weighted by Crippen LogP contribution is -2.24. The van der Waals surface area contributed by atoms with Crippen molar-refractivity contribution in [1.82, 2.24) is 4.98 Å². The SMILES string of the molecule is O=CCc1coc(CC2CCS(=O)(=O)CC2)n1. The fourth-order valence-electron chi connectivity index (χ4n) is 2.01. The van der Waals surface area contributed by atoms with Crippen LogP contribution in [-0.4, -0.2) is 31.2 Å². The van der Waals surface area contributed by atoms with E-state index in [2.05, 4.69) is 4.98 Å². The van der Waals surface area contributed by atoms with Crippen molar-refractivity contribution in [3.05, 3.63) is 17.8 Å². The second-order valence-electron chi connectivity index (χ2n) is 4.40. The number of oxazole rings is 1. The van der Waals surface area contributed by atoms with E-state index in [1.165, 1.54) is 6.26 Å². The number of carbonyl (C=O) groups excluding carboxylic acids is 1. The Hall–Kier alpha value is -1.17. The summed E-state index contributed by atoms with van der Waals surface area (Å²) in [5, 5.41) is 0. The Labute approximate surface area is 100 Å². The van der Waals surface area contributed by atoms with Crippen molar-refractivity contribution < 1.29 is 17.6 Å². The Morgan fingerprint density at radius 1 is 1.41 bits per heavy atom. The Balaban J connectivity index is 1.90. The first-order valence-corrected chi connectivity index (χ1v) is 7.48. The maximum atomic E-state index is 11.3. The van der Waals surface area contributed by atoms with E-state index in [0.29, 0.717) is 36.8 Å². The molecule has 0 saturated carbocycles. The lowest BCUT2D eigenvalue weighted by molar-refractivity contribution is -0.107. The van der Waals surface area contributed by atoms with E-state index in [0.717, 1.165) is 6.29 Å². The summed E-state index contributed by atoms with van der Waals surface area (Å²) < 4.78 is 27.8. The highest BCUT2D eigenvalue weighted by Crippen LogP contribution is 2.22. The van der Waals surface area contributed by atoms with Crippen LogP contribution in [0.4, 0.5) is 0 Å². The zero-order valence-corrected chi connectivity index (χ0v) is 10.3. The van der Waals surface area contributed by atoms with Gasteiger partial charge in [-0.3, -0.25) is 0 Å². The van der Waals surface area contributed by atoms with Crippen LogP contribution in [0.3, 0.4) is 0 Å². The average molecular weight is 257 g/mol. The molecule has 17 heavy (non-hydrogen) atoms. The van der Waals surface area contributed by atoms with Crippen molar-refractivity contribution in [1.29, 1.82) is 0 Å². The van der Waals surface area contributed by atoms with Crippen molar-refractivity contribution in [2.24, 2.45) is 5.92 Å². The molecule has 0 amide bonds. The Bertz CT molecular complexity index is 477. The second-order valence-corrected chi connectivity index (χ2v) is 6.71. The molecule has 1 fully saturated rings. The molecular formula is C11H15NO4S. The number of aldehydes is 1. The predicted molar refractivity (Wildman–Crippen MR) is 61.4 cm³/mol. The van der Waals surface area contributed by atoms with Gasteiger partial charge in [0.25, 0.3) is 0 Å².